The van der Waals surface area contributed by atoms with Crippen LogP contribution in [-0.2, 0) is 11.3 Å². The first-order valence-corrected chi connectivity index (χ1v) is 10.00. The van der Waals surface area contributed by atoms with Crippen LogP contribution in [0, 0.1) is 6.92 Å². The lowest BCUT2D eigenvalue weighted by atomic mass is 10.1. The number of amides is 1. The molecule has 0 aromatic heterocycles. The highest BCUT2D eigenvalue weighted by atomic mass is 16.5. The van der Waals surface area contributed by atoms with Crippen molar-refractivity contribution in [1.82, 2.24) is 10.2 Å². The van der Waals surface area contributed by atoms with Crippen LogP contribution in [-0.4, -0.2) is 50.8 Å². The number of nitrogens with one attached hydrogen (secondary N) is 1. The van der Waals surface area contributed by atoms with Gasteiger partial charge in [-0.05, 0) is 43.5 Å². The molecule has 0 bridgehead atoms. The molecular weight excluding hydrogens is 368 g/mol. The Balaban J connectivity index is 1.48. The zero-order valence-corrected chi connectivity index (χ0v) is 17.4. The van der Waals surface area contributed by atoms with Crippen LogP contribution in [0.1, 0.15) is 24.0 Å². The second-order valence-corrected chi connectivity index (χ2v) is 7.33. The van der Waals surface area contributed by atoms with E-state index in [1.807, 2.05) is 49.4 Å². The second-order valence-electron chi connectivity index (χ2n) is 7.33. The van der Waals surface area contributed by atoms with Gasteiger partial charge in [0.2, 0.25) is 5.91 Å². The Kier molecular flexibility index (Phi) is 7.36. The monoisotopic (exact) mass is 398 g/mol. The lowest BCUT2D eigenvalue weighted by molar-refractivity contribution is -0.122. The summed E-state index contributed by atoms with van der Waals surface area (Å²) in [6.07, 6.45) is 2.25. The smallest absolute Gasteiger partial charge is 0.234 e. The maximum absolute atomic E-state index is 12.4. The fourth-order valence-corrected chi connectivity index (χ4v) is 3.26. The van der Waals surface area contributed by atoms with Crippen LogP contribution in [0.25, 0.3) is 0 Å². The predicted octanol–water partition coefficient (Wildman–Crippen LogP) is 3.17. The van der Waals surface area contributed by atoms with Gasteiger partial charge >= 0.3 is 0 Å². The van der Waals surface area contributed by atoms with Gasteiger partial charge in [0.05, 0.1) is 27.3 Å². The zero-order valence-electron chi connectivity index (χ0n) is 17.4. The highest BCUT2D eigenvalue weighted by Gasteiger charge is 2.30. The minimum absolute atomic E-state index is 0.0113. The number of hydrogen-bond acceptors (Lipinski definition) is 5. The molecule has 0 heterocycles. The quantitative estimate of drug-likeness (QED) is 0.589. The standard InChI is InChI=1S/C23H30N2O4/c1-17-5-4-6-21(13-17)29-12-11-24-23(26)16-25(19-8-9-19)15-18-7-10-20(27-2)14-22(18)28-3/h4-7,10,13-14,19H,8-9,11-12,15-16H2,1-3H3,(H,24,26). The van der Waals surface area contributed by atoms with Gasteiger partial charge in [-0.15, -0.1) is 0 Å². The minimum atomic E-state index is 0.0113. The molecule has 0 unspecified atom stereocenters. The molecule has 1 aliphatic rings. The first kappa shape index (κ1) is 21.0. The zero-order chi connectivity index (χ0) is 20.6. The summed E-state index contributed by atoms with van der Waals surface area (Å²) in [5.41, 5.74) is 2.20. The van der Waals surface area contributed by atoms with Gasteiger partial charge < -0.3 is 19.5 Å². The van der Waals surface area contributed by atoms with Gasteiger partial charge in [0.1, 0.15) is 23.9 Å². The Morgan fingerprint density at radius 3 is 2.62 bits per heavy atom. The third-order valence-corrected chi connectivity index (χ3v) is 4.96. The fourth-order valence-electron chi connectivity index (χ4n) is 3.26. The van der Waals surface area contributed by atoms with Crippen LogP contribution < -0.4 is 19.5 Å². The molecule has 156 valence electrons. The van der Waals surface area contributed by atoms with Crippen molar-refractivity contribution in [2.24, 2.45) is 0 Å². The van der Waals surface area contributed by atoms with Gasteiger partial charge in [-0.3, -0.25) is 9.69 Å². The van der Waals surface area contributed by atoms with E-state index in [1.165, 1.54) is 0 Å². The number of hydrogen-bond donors (Lipinski definition) is 1. The van der Waals surface area contributed by atoms with E-state index < -0.39 is 0 Å². The molecule has 3 rings (SSSR count). The average Bonchev–Trinajstić information content (AvgIpc) is 3.56. The molecule has 1 saturated carbocycles. The highest BCUT2D eigenvalue weighted by molar-refractivity contribution is 5.78. The predicted molar refractivity (Wildman–Crippen MR) is 113 cm³/mol. The third kappa shape index (κ3) is 6.39. The summed E-state index contributed by atoms with van der Waals surface area (Å²) in [5, 5.41) is 2.96. The van der Waals surface area contributed by atoms with Crippen LogP contribution >= 0.6 is 0 Å². The summed E-state index contributed by atoms with van der Waals surface area (Å²) in [4.78, 5) is 14.6. The van der Waals surface area contributed by atoms with E-state index >= 15 is 0 Å². The van der Waals surface area contributed by atoms with Crippen molar-refractivity contribution in [3.8, 4) is 17.2 Å². The molecule has 0 atom stereocenters. The summed E-state index contributed by atoms with van der Waals surface area (Å²) in [5.74, 6) is 2.37. The molecule has 0 saturated heterocycles. The molecule has 1 amide bonds. The Hall–Kier alpha value is -2.73. The van der Waals surface area contributed by atoms with Crippen molar-refractivity contribution in [2.75, 3.05) is 33.9 Å². The molecule has 1 fully saturated rings. The van der Waals surface area contributed by atoms with E-state index in [-0.39, 0.29) is 5.91 Å². The van der Waals surface area contributed by atoms with Crippen molar-refractivity contribution in [3.05, 3.63) is 53.6 Å². The molecule has 0 aliphatic heterocycles. The van der Waals surface area contributed by atoms with E-state index in [4.69, 9.17) is 14.2 Å². The number of carbonyl (C=O) groups excluding carboxylic acids is 1. The van der Waals surface area contributed by atoms with Crippen molar-refractivity contribution < 1.29 is 19.0 Å². The normalized spacial score (nSPS) is 13.2. The summed E-state index contributed by atoms with van der Waals surface area (Å²) < 4.78 is 16.5. The SMILES string of the molecule is COc1ccc(CN(CC(=O)NCCOc2cccc(C)c2)C2CC2)c(OC)c1. The van der Waals surface area contributed by atoms with E-state index in [9.17, 15) is 4.79 Å². The topological polar surface area (TPSA) is 60.0 Å². The summed E-state index contributed by atoms with van der Waals surface area (Å²) in [7, 11) is 3.29. The summed E-state index contributed by atoms with van der Waals surface area (Å²) in [6, 6.07) is 14.2. The number of benzene rings is 2. The Morgan fingerprint density at radius 2 is 1.93 bits per heavy atom. The van der Waals surface area contributed by atoms with Crippen LogP contribution in [0.3, 0.4) is 0 Å². The Morgan fingerprint density at radius 1 is 1.10 bits per heavy atom. The molecule has 6 nitrogen and oxygen atoms in total. The number of nitrogens with zero attached hydrogens (tertiary/aromatic N) is 1. The van der Waals surface area contributed by atoms with Gasteiger partial charge in [0, 0.05) is 24.2 Å². The Bertz CT molecular complexity index is 820. The molecule has 1 N–H and O–H groups in total. The molecule has 0 spiro atoms. The van der Waals surface area contributed by atoms with Gasteiger partial charge in [0.15, 0.2) is 0 Å². The number of aryl methyl sites for hydroxylation is 1. The van der Waals surface area contributed by atoms with E-state index in [1.54, 1.807) is 14.2 Å². The lowest BCUT2D eigenvalue weighted by Crippen LogP contribution is -2.39. The number of rotatable bonds is 11. The first-order chi connectivity index (χ1) is 14.1. The molecular formula is C23H30N2O4. The molecule has 2 aromatic carbocycles. The lowest BCUT2D eigenvalue weighted by Gasteiger charge is -2.23. The minimum Gasteiger partial charge on any atom is -0.497 e. The highest BCUT2D eigenvalue weighted by Crippen LogP contribution is 2.31. The van der Waals surface area contributed by atoms with Gasteiger partial charge in [-0.1, -0.05) is 18.2 Å². The largest absolute Gasteiger partial charge is 0.497 e. The van der Waals surface area contributed by atoms with Gasteiger partial charge in [-0.25, -0.2) is 0 Å². The van der Waals surface area contributed by atoms with Crippen LogP contribution in [0.4, 0.5) is 0 Å². The van der Waals surface area contributed by atoms with Crippen molar-refractivity contribution >= 4 is 5.91 Å². The molecule has 0 radical (unpaired) electrons. The molecule has 1 aliphatic carbocycles. The van der Waals surface area contributed by atoms with E-state index in [0.717, 1.165) is 41.2 Å². The average molecular weight is 399 g/mol. The van der Waals surface area contributed by atoms with Gasteiger partial charge in [-0.2, -0.15) is 0 Å². The second kappa shape index (κ2) is 10.2. The van der Waals surface area contributed by atoms with Crippen LogP contribution in [0.15, 0.2) is 42.5 Å². The van der Waals surface area contributed by atoms with Crippen molar-refractivity contribution in [1.29, 1.82) is 0 Å². The van der Waals surface area contributed by atoms with Crippen molar-refractivity contribution in [2.45, 2.75) is 32.4 Å². The number of methoxy groups -OCH3 is 2. The van der Waals surface area contributed by atoms with E-state index in [2.05, 4.69) is 10.2 Å². The van der Waals surface area contributed by atoms with Crippen LogP contribution in [0.2, 0.25) is 0 Å². The Labute approximate surface area is 172 Å². The van der Waals surface area contributed by atoms with Crippen LogP contribution in [0.5, 0.6) is 17.2 Å². The maximum Gasteiger partial charge on any atom is 0.234 e. The summed E-state index contributed by atoms with van der Waals surface area (Å²) in [6.45, 7) is 4.00. The van der Waals surface area contributed by atoms with Gasteiger partial charge in [0.25, 0.3) is 0 Å². The third-order valence-electron chi connectivity index (χ3n) is 4.96. The molecule has 2 aromatic rings. The number of ether oxygens (including phenoxy) is 3. The van der Waals surface area contributed by atoms with E-state index in [0.29, 0.717) is 32.3 Å². The number of carbonyl (C=O) groups is 1. The molecule has 6 heteroatoms. The summed E-state index contributed by atoms with van der Waals surface area (Å²) >= 11 is 0. The maximum atomic E-state index is 12.4. The first-order valence-electron chi connectivity index (χ1n) is 10.00. The molecule has 29 heavy (non-hydrogen) atoms. The van der Waals surface area contributed by atoms with Crippen molar-refractivity contribution in [3.63, 3.8) is 0 Å². The fraction of sp³-hybridized carbons (Fsp3) is 0.435.